The van der Waals surface area contributed by atoms with Crippen LogP contribution < -0.4 is 4.74 Å². The molecule has 0 aliphatic carbocycles. The molecule has 2 rings (SSSR count). The van der Waals surface area contributed by atoms with Crippen molar-refractivity contribution in [1.82, 2.24) is 0 Å². The van der Waals surface area contributed by atoms with E-state index in [0.717, 1.165) is 5.56 Å². The van der Waals surface area contributed by atoms with E-state index in [9.17, 15) is 10.1 Å². The fourth-order valence-corrected chi connectivity index (χ4v) is 2.38. The second-order valence-electron chi connectivity index (χ2n) is 3.69. The van der Waals surface area contributed by atoms with Crippen molar-refractivity contribution in [3.63, 3.8) is 0 Å². The smallest absolute Gasteiger partial charge is 0.433 e. The van der Waals surface area contributed by atoms with Crippen molar-refractivity contribution >= 4 is 33.4 Å². The topological polar surface area (TPSA) is 65.5 Å². The van der Waals surface area contributed by atoms with Crippen molar-refractivity contribution in [2.24, 2.45) is 0 Å². The Bertz CT molecular complexity index is 614. The predicted molar refractivity (Wildman–Crippen MR) is 74.1 cm³/mol. The van der Waals surface area contributed by atoms with Gasteiger partial charge in [-0.25, -0.2) is 0 Å². The maximum absolute atomic E-state index is 10.6. The molecule has 2 aromatic rings. The maximum atomic E-state index is 10.6. The monoisotopic (exact) mass is 345 g/mol. The Balaban J connectivity index is 2.30. The highest BCUT2D eigenvalue weighted by Gasteiger charge is 2.19. The van der Waals surface area contributed by atoms with Crippen molar-refractivity contribution in [1.29, 1.82) is 0 Å². The van der Waals surface area contributed by atoms with Gasteiger partial charge in [0.1, 0.15) is 16.4 Å². The van der Waals surface area contributed by atoms with Crippen LogP contribution in [0.5, 0.6) is 5.75 Å². The second kappa shape index (κ2) is 5.63. The molecule has 100 valence electrons. The van der Waals surface area contributed by atoms with Gasteiger partial charge in [-0.2, -0.15) is 0 Å². The van der Waals surface area contributed by atoms with Crippen LogP contribution in [-0.2, 0) is 0 Å². The molecule has 1 aromatic carbocycles. The highest BCUT2D eigenvalue weighted by Crippen LogP contribution is 2.36. The molecule has 7 heteroatoms. The fourth-order valence-electron chi connectivity index (χ4n) is 1.58. The molecule has 0 amide bonds. The van der Waals surface area contributed by atoms with Crippen LogP contribution in [0.4, 0.5) is 5.88 Å². The van der Waals surface area contributed by atoms with E-state index in [1.165, 1.54) is 13.2 Å². The number of rotatable bonds is 4. The van der Waals surface area contributed by atoms with Crippen LogP contribution in [-0.4, -0.2) is 12.0 Å². The number of ether oxygens (including phenoxy) is 1. The van der Waals surface area contributed by atoms with E-state index in [0.29, 0.717) is 16.5 Å². The average molecular weight is 347 g/mol. The molecule has 0 saturated heterocycles. The van der Waals surface area contributed by atoms with Crippen molar-refractivity contribution in [2.75, 3.05) is 7.11 Å². The molecule has 19 heavy (non-hydrogen) atoms. The summed E-state index contributed by atoms with van der Waals surface area (Å²) in [6, 6.07) is 8.11. The zero-order valence-electron chi connectivity index (χ0n) is 9.80. The quantitative estimate of drug-likeness (QED) is 0.469. The number of alkyl halides is 1. The SMILES string of the molecule is COc1ccc(C(Br)c2ccc([N+](=O)[O-])o2)cc1Cl. The molecule has 1 atom stereocenters. The third-order valence-corrected chi connectivity index (χ3v) is 3.79. The summed E-state index contributed by atoms with van der Waals surface area (Å²) < 4.78 is 10.2. The molecule has 0 radical (unpaired) electrons. The summed E-state index contributed by atoms with van der Waals surface area (Å²) in [5.41, 5.74) is 0.815. The Labute approximate surface area is 122 Å². The predicted octanol–water partition coefficient (Wildman–Crippen LogP) is 4.33. The number of methoxy groups -OCH3 is 1. The molecule has 1 aromatic heterocycles. The normalized spacial score (nSPS) is 12.2. The molecule has 1 heterocycles. The zero-order chi connectivity index (χ0) is 14.0. The minimum Gasteiger partial charge on any atom is -0.495 e. The maximum Gasteiger partial charge on any atom is 0.433 e. The van der Waals surface area contributed by atoms with Gasteiger partial charge >= 0.3 is 5.88 Å². The van der Waals surface area contributed by atoms with Gasteiger partial charge in [-0.1, -0.05) is 33.6 Å². The molecule has 0 N–H and O–H groups in total. The molecular weight excluding hydrogens is 337 g/mol. The van der Waals surface area contributed by atoms with E-state index < -0.39 is 4.92 Å². The minimum atomic E-state index is -0.579. The molecular formula is C12H9BrClNO4. The van der Waals surface area contributed by atoms with Gasteiger partial charge in [0.25, 0.3) is 0 Å². The van der Waals surface area contributed by atoms with Crippen molar-refractivity contribution in [3.05, 3.63) is 56.8 Å². The van der Waals surface area contributed by atoms with Crippen LogP contribution in [0.2, 0.25) is 5.02 Å². The summed E-state index contributed by atoms with van der Waals surface area (Å²) in [5.74, 6) is 0.711. The summed E-state index contributed by atoms with van der Waals surface area (Å²) in [6.07, 6.45) is 0. The standard InChI is InChI=1S/C12H9BrClNO4/c1-18-9-3-2-7(6-8(9)14)12(13)10-4-5-11(19-10)15(16)17/h2-6,12H,1H3. The van der Waals surface area contributed by atoms with Crippen molar-refractivity contribution < 1.29 is 14.1 Å². The van der Waals surface area contributed by atoms with Gasteiger partial charge in [0, 0.05) is 0 Å². The third kappa shape index (κ3) is 2.90. The Kier molecular flexibility index (Phi) is 4.11. The van der Waals surface area contributed by atoms with Crippen LogP contribution in [0.15, 0.2) is 34.7 Å². The fraction of sp³-hybridized carbons (Fsp3) is 0.167. The van der Waals surface area contributed by atoms with Crippen LogP contribution in [0.1, 0.15) is 16.2 Å². The molecule has 1 unspecified atom stereocenters. The minimum absolute atomic E-state index is 0.293. The van der Waals surface area contributed by atoms with Crippen LogP contribution in [0.3, 0.4) is 0 Å². The molecule has 0 aliphatic heterocycles. The van der Waals surface area contributed by atoms with E-state index in [1.54, 1.807) is 24.3 Å². The number of nitro groups is 1. The highest BCUT2D eigenvalue weighted by atomic mass is 79.9. The lowest BCUT2D eigenvalue weighted by Crippen LogP contribution is -1.92. The molecule has 0 spiro atoms. The van der Waals surface area contributed by atoms with E-state index >= 15 is 0 Å². The van der Waals surface area contributed by atoms with Gasteiger partial charge in [-0.15, -0.1) is 0 Å². The Morgan fingerprint density at radius 1 is 1.42 bits per heavy atom. The van der Waals surface area contributed by atoms with E-state index in [4.69, 9.17) is 20.8 Å². The van der Waals surface area contributed by atoms with Crippen LogP contribution in [0, 0.1) is 10.1 Å². The first-order chi connectivity index (χ1) is 9.02. The number of nitrogens with zero attached hydrogens (tertiary/aromatic N) is 1. The summed E-state index contributed by atoms with van der Waals surface area (Å²) >= 11 is 9.45. The molecule has 5 nitrogen and oxygen atoms in total. The Morgan fingerprint density at radius 2 is 2.16 bits per heavy atom. The number of furan rings is 1. The number of benzene rings is 1. The largest absolute Gasteiger partial charge is 0.495 e. The average Bonchev–Trinajstić information content (AvgIpc) is 2.87. The lowest BCUT2D eigenvalue weighted by Gasteiger charge is -2.09. The summed E-state index contributed by atoms with van der Waals surface area (Å²) in [4.78, 5) is 9.68. The third-order valence-electron chi connectivity index (χ3n) is 2.51. The van der Waals surface area contributed by atoms with E-state index in [2.05, 4.69) is 15.9 Å². The summed E-state index contributed by atoms with van der Waals surface area (Å²) in [5, 5.41) is 11.0. The van der Waals surface area contributed by atoms with Gasteiger partial charge < -0.3 is 9.15 Å². The first kappa shape index (κ1) is 13.9. The first-order valence-electron chi connectivity index (χ1n) is 5.24. The van der Waals surface area contributed by atoms with E-state index in [-0.39, 0.29) is 10.7 Å². The molecule has 0 fully saturated rings. The Hall–Kier alpha value is -1.53. The number of hydrogen-bond acceptors (Lipinski definition) is 4. The zero-order valence-corrected chi connectivity index (χ0v) is 12.1. The Morgan fingerprint density at radius 3 is 2.68 bits per heavy atom. The van der Waals surface area contributed by atoms with Gasteiger partial charge in [0.2, 0.25) is 0 Å². The van der Waals surface area contributed by atoms with E-state index in [1.807, 2.05) is 0 Å². The van der Waals surface area contributed by atoms with Gasteiger partial charge in [0.15, 0.2) is 0 Å². The van der Waals surface area contributed by atoms with Crippen LogP contribution >= 0.6 is 27.5 Å². The van der Waals surface area contributed by atoms with Gasteiger partial charge in [0.05, 0.1) is 23.0 Å². The molecule has 0 saturated carbocycles. The van der Waals surface area contributed by atoms with Crippen LogP contribution in [0.25, 0.3) is 0 Å². The highest BCUT2D eigenvalue weighted by molar-refractivity contribution is 9.09. The number of hydrogen-bond donors (Lipinski definition) is 0. The molecule has 0 aliphatic rings. The summed E-state index contributed by atoms with van der Waals surface area (Å²) in [7, 11) is 1.53. The first-order valence-corrected chi connectivity index (χ1v) is 6.54. The lowest BCUT2D eigenvalue weighted by molar-refractivity contribution is -0.402. The number of halogens is 2. The van der Waals surface area contributed by atoms with Crippen molar-refractivity contribution in [2.45, 2.75) is 4.83 Å². The second-order valence-corrected chi connectivity index (χ2v) is 5.01. The molecule has 0 bridgehead atoms. The lowest BCUT2D eigenvalue weighted by atomic mass is 10.1. The van der Waals surface area contributed by atoms with Crippen molar-refractivity contribution in [3.8, 4) is 5.75 Å². The van der Waals surface area contributed by atoms with Gasteiger partial charge in [-0.3, -0.25) is 10.1 Å². The summed E-state index contributed by atoms with van der Waals surface area (Å²) in [6.45, 7) is 0. The van der Waals surface area contributed by atoms with Gasteiger partial charge in [-0.05, 0) is 23.8 Å².